The SMILES string of the molecule is CCC(C)COC(=O)Oc1ccc(C[C@H](N)C(=O)O[C@@H](C)[C@H](C)OC(=O)Oc2ccccc2)cc1OC(=O)OCC(C)CC. The number of esters is 1. The third kappa shape index (κ3) is 12.9. The highest BCUT2D eigenvalue weighted by molar-refractivity contribution is 5.76. The summed E-state index contributed by atoms with van der Waals surface area (Å²) in [5.74, 6) is -0.393. The first kappa shape index (κ1) is 35.9. The van der Waals surface area contributed by atoms with Crippen LogP contribution in [0.2, 0.25) is 0 Å². The van der Waals surface area contributed by atoms with E-state index < -0.39 is 42.7 Å². The molecule has 44 heavy (non-hydrogen) atoms. The van der Waals surface area contributed by atoms with Crippen LogP contribution >= 0.6 is 0 Å². The highest BCUT2D eigenvalue weighted by atomic mass is 16.7. The van der Waals surface area contributed by atoms with Crippen molar-refractivity contribution in [1.29, 1.82) is 0 Å². The first-order chi connectivity index (χ1) is 20.9. The summed E-state index contributed by atoms with van der Waals surface area (Å²) >= 11 is 0. The average Bonchev–Trinajstić information content (AvgIpc) is 3.00. The maximum atomic E-state index is 12.7. The standard InChI is InChI=1S/C32H43NO11/c1-7-20(3)18-38-30(35)43-27-15-14-24(17-28(27)44-31(36)39-19-21(4)8-2)16-26(33)29(34)40-22(5)23(6)41-32(37)42-25-12-10-9-11-13-25/h9-15,17,20-23,26H,7-8,16,18-19,33H2,1-6H3/t20?,21?,22-,23-,26-/m0/s1. The van der Waals surface area contributed by atoms with E-state index in [0.717, 1.165) is 12.8 Å². The van der Waals surface area contributed by atoms with Crippen molar-refractivity contribution in [2.45, 2.75) is 79.1 Å². The zero-order chi connectivity index (χ0) is 32.6. The molecule has 0 saturated heterocycles. The zero-order valence-corrected chi connectivity index (χ0v) is 26.1. The van der Waals surface area contributed by atoms with Crippen molar-refractivity contribution in [3.05, 3.63) is 54.1 Å². The van der Waals surface area contributed by atoms with Gasteiger partial charge in [0.25, 0.3) is 0 Å². The first-order valence-electron chi connectivity index (χ1n) is 14.6. The molecule has 2 aromatic rings. The van der Waals surface area contributed by atoms with Crippen LogP contribution in [0.25, 0.3) is 0 Å². The molecule has 5 atom stereocenters. The molecule has 12 heteroatoms. The molecule has 0 saturated carbocycles. The van der Waals surface area contributed by atoms with E-state index in [2.05, 4.69) is 0 Å². The smallest absolute Gasteiger partial charge is 0.458 e. The third-order valence-electron chi connectivity index (χ3n) is 6.71. The molecule has 12 nitrogen and oxygen atoms in total. The van der Waals surface area contributed by atoms with Crippen molar-refractivity contribution in [2.75, 3.05) is 13.2 Å². The molecule has 2 N–H and O–H groups in total. The Morgan fingerprint density at radius 2 is 1.23 bits per heavy atom. The Morgan fingerprint density at radius 1 is 0.682 bits per heavy atom. The number of hydrogen-bond donors (Lipinski definition) is 1. The van der Waals surface area contributed by atoms with Gasteiger partial charge in [-0.15, -0.1) is 0 Å². The Labute approximate surface area is 258 Å². The van der Waals surface area contributed by atoms with Gasteiger partial charge in [0.1, 0.15) is 24.0 Å². The van der Waals surface area contributed by atoms with E-state index in [1.807, 2.05) is 27.7 Å². The number of ether oxygens (including phenoxy) is 7. The molecule has 0 aromatic heterocycles. The monoisotopic (exact) mass is 617 g/mol. The van der Waals surface area contributed by atoms with Crippen LogP contribution in [0.15, 0.2) is 48.5 Å². The molecule has 0 aliphatic carbocycles. The second-order valence-corrected chi connectivity index (χ2v) is 10.6. The van der Waals surface area contributed by atoms with E-state index in [-0.39, 0.29) is 43.0 Å². The van der Waals surface area contributed by atoms with E-state index in [1.54, 1.807) is 50.2 Å². The van der Waals surface area contributed by atoms with Crippen LogP contribution in [0.1, 0.15) is 59.9 Å². The predicted octanol–water partition coefficient (Wildman–Crippen LogP) is 6.22. The van der Waals surface area contributed by atoms with Crippen LogP contribution in [-0.2, 0) is 30.2 Å². The summed E-state index contributed by atoms with van der Waals surface area (Å²) in [6.45, 7) is 11.2. The first-order valence-corrected chi connectivity index (χ1v) is 14.6. The number of nitrogens with two attached hydrogens (primary N) is 1. The van der Waals surface area contributed by atoms with Gasteiger partial charge in [-0.1, -0.05) is 64.8 Å². The Kier molecular flexibility index (Phi) is 15.0. The number of carbonyl (C=O) groups excluding carboxylic acids is 4. The van der Waals surface area contributed by atoms with Gasteiger partial charge in [0, 0.05) is 0 Å². The number of carbonyl (C=O) groups is 4. The van der Waals surface area contributed by atoms with Gasteiger partial charge in [-0.2, -0.15) is 0 Å². The Hall–Kier alpha value is -4.32. The fourth-order valence-corrected chi connectivity index (χ4v) is 3.30. The Balaban J connectivity index is 2.04. The van der Waals surface area contributed by atoms with E-state index in [1.165, 1.54) is 12.1 Å². The maximum Gasteiger partial charge on any atom is 0.514 e. The number of para-hydroxylation sites is 1. The lowest BCUT2D eigenvalue weighted by Crippen LogP contribution is -2.39. The molecule has 0 radical (unpaired) electrons. The third-order valence-corrected chi connectivity index (χ3v) is 6.71. The largest absolute Gasteiger partial charge is 0.514 e. The minimum Gasteiger partial charge on any atom is -0.458 e. The normalized spacial score (nSPS) is 14.2. The second kappa shape index (κ2) is 18.4. The fourth-order valence-electron chi connectivity index (χ4n) is 3.30. The minimum atomic E-state index is -1.13. The fraction of sp³-hybridized carbons (Fsp3) is 0.500. The molecular formula is C32H43NO11. The van der Waals surface area contributed by atoms with Crippen molar-refractivity contribution in [3.63, 3.8) is 0 Å². The van der Waals surface area contributed by atoms with Crippen LogP contribution in [0.4, 0.5) is 14.4 Å². The summed E-state index contributed by atoms with van der Waals surface area (Å²) < 4.78 is 36.6. The highest BCUT2D eigenvalue weighted by Gasteiger charge is 2.26. The van der Waals surface area contributed by atoms with Gasteiger partial charge in [-0.05, 0) is 61.9 Å². The van der Waals surface area contributed by atoms with Crippen LogP contribution in [0.5, 0.6) is 17.2 Å². The lowest BCUT2D eigenvalue weighted by Gasteiger charge is -2.22. The molecule has 0 aliphatic heterocycles. The van der Waals surface area contributed by atoms with Gasteiger partial charge in [0.05, 0.1) is 13.2 Å². The quantitative estimate of drug-likeness (QED) is 0.137. The summed E-state index contributed by atoms with van der Waals surface area (Å²) in [6, 6.07) is 11.6. The van der Waals surface area contributed by atoms with Crippen molar-refractivity contribution in [2.24, 2.45) is 17.6 Å². The summed E-state index contributed by atoms with van der Waals surface area (Å²) in [4.78, 5) is 49.4. The lowest BCUT2D eigenvalue weighted by atomic mass is 10.1. The number of hydrogen-bond acceptors (Lipinski definition) is 12. The zero-order valence-electron chi connectivity index (χ0n) is 26.1. The lowest BCUT2D eigenvalue weighted by molar-refractivity contribution is -0.155. The number of rotatable bonds is 15. The number of benzene rings is 2. The van der Waals surface area contributed by atoms with E-state index in [4.69, 9.17) is 38.9 Å². The highest BCUT2D eigenvalue weighted by Crippen LogP contribution is 2.30. The molecule has 2 rings (SSSR count). The summed E-state index contributed by atoms with van der Waals surface area (Å²) in [5.41, 5.74) is 6.58. The van der Waals surface area contributed by atoms with Gasteiger partial charge in [-0.3, -0.25) is 4.79 Å². The van der Waals surface area contributed by atoms with Crippen LogP contribution < -0.4 is 19.9 Å². The average molecular weight is 618 g/mol. The van der Waals surface area contributed by atoms with Gasteiger partial charge < -0.3 is 38.9 Å². The van der Waals surface area contributed by atoms with E-state index in [0.29, 0.717) is 11.3 Å². The molecular weight excluding hydrogens is 574 g/mol. The van der Waals surface area contributed by atoms with Crippen molar-refractivity contribution < 1.29 is 52.3 Å². The molecule has 2 unspecified atom stereocenters. The Morgan fingerprint density at radius 3 is 1.80 bits per heavy atom. The second-order valence-electron chi connectivity index (χ2n) is 10.6. The molecule has 0 fully saturated rings. The van der Waals surface area contributed by atoms with Crippen LogP contribution in [-0.4, -0.2) is 55.9 Å². The van der Waals surface area contributed by atoms with Crippen molar-refractivity contribution in [1.82, 2.24) is 0 Å². The molecule has 0 aliphatic rings. The summed E-state index contributed by atoms with van der Waals surface area (Å²) in [7, 11) is 0. The molecule has 0 spiro atoms. The predicted molar refractivity (Wildman–Crippen MR) is 160 cm³/mol. The van der Waals surface area contributed by atoms with Crippen molar-refractivity contribution in [3.8, 4) is 17.2 Å². The van der Waals surface area contributed by atoms with Gasteiger partial charge in [0.2, 0.25) is 0 Å². The van der Waals surface area contributed by atoms with Crippen LogP contribution in [0.3, 0.4) is 0 Å². The van der Waals surface area contributed by atoms with Crippen molar-refractivity contribution >= 4 is 24.4 Å². The minimum absolute atomic E-state index is 0.0200. The van der Waals surface area contributed by atoms with E-state index in [9.17, 15) is 19.2 Å². The molecule has 2 aromatic carbocycles. The topological polar surface area (TPSA) is 159 Å². The van der Waals surface area contributed by atoms with Gasteiger partial charge in [0.15, 0.2) is 11.5 Å². The molecule has 242 valence electrons. The van der Waals surface area contributed by atoms with Crippen LogP contribution in [0, 0.1) is 11.8 Å². The summed E-state index contributed by atoms with van der Waals surface area (Å²) in [6.07, 6.45) is -2.98. The molecule has 0 amide bonds. The Bertz CT molecular complexity index is 1220. The maximum absolute atomic E-state index is 12.7. The molecule has 0 heterocycles. The van der Waals surface area contributed by atoms with Gasteiger partial charge >= 0.3 is 24.4 Å². The van der Waals surface area contributed by atoms with Gasteiger partial charge in [-0.25, -0.2) is 14.4 Å². The summed E-state index contributed by atoms with van der Waals surface area (Å²) in [5, 5.41) is 0. The molecule has 0 bridgehead atoms. The van der Waals surface area contributed by atoms with E-state index >= 15 is 0 Å².